The molecular weight excluding hydrogens is 1680 g/mol. The van der Waals surface area contributed by atoms with Crippen molar-refractivity contribution in [2.24, 2.45) is 93.9 Å². The second kappa shape index (κ2) is 66.6. The summed E-state index contributed by atoms with van der Waals surface area (Å²) in [5.74, 6) is -10.9. The van der Waals surface area contributed by atoms with Gasteiger partial charge in [0.05, 0.1) is 26.6 Å². The molecule has 0 heterocycles. The standard InChI is InChI=1S/C18H33N5O6.C12H24N4O3.2C12H24N2O3.C11H20N2O4.C11H24NO2.C9H17NO3.ClH/c1-5-18(4,16(29)22-11(3)14(25)26)9-10(2)13(24)23-12(15(27)28)7-6-8-21-17(19)20;1-4-12(2,3)10(19)16-8(9(17)18)6-5-7-15-11(13)14;1-4-12(2,3)11(17)14-8-6-5-7-9(13)10(15)16;1-4-12(2,3)11(17)14-9(10(15)16)7-5-6-8-13;1-4-11(2,3)10(17)13-7(9(15)16)5-6-8(12)14;1-7-11(2,3)10(13)14-9-8-12(4,5)6;1-5-9(3,4)8(13)10-6(2)7(11)12;/h10-12H,5-9H2,1-4H3,(H,22,29)(H,23,24)(H,25,26)(H,27,28)(H4,19,20,21);8H,4-7H2,1-3H3,(H,16,19)(H,17,18)(H4,13,14,15);2*9H,4-8,13H2,1-3H3,(H,14,17)(H,15,16);7H,4-6H2,1-3H3,(H2,12,14)(H,13,17)(H,15,16);7-9H2,1-6H3;6H,5H2,1-4H3,(H,10,13)(H,11,12);1H/q;;;;;+1;;/p-1. The molecule has 0 rings (SSSR count). The van der Waals surface area contributed by atoms with Gasteiger partial charge >= 0.3 is 47.8 Å². The van der Waals surface area contributed by atoms with Gasteiger partial charge in [0.25, 0.3) is 0 Å². The van der Waals surface area contributed by atoms with Crippen LogP contribution in [0.5, 0.6) is 0 Å². The fourth-order valence-electron chi connectivity index (χ4n) is 8.85. The molecule has 0 aromatic carbocycles. The molecule has 28 N–H and O–H groups in total. The molecule has 41 nitrogen and oxygen atoms in total. The lowest BCUT2D eigenvalue weighted by molar-refractivity contribution is -0.870. The Hall–Kier alpha value is -9.77. The van der Waals surface area contributed by atoms with E-state index in [4.69, 9.17) is 75.5 Å². The van der Waals surface area contributed by atoms with Gasteiger partial charge in [0.2, 0.25) is 47.3 Å². The molecule has 0 bridgehead atoms. The number of carboxylic acids is 7. The summed E-state index contributed by atoms with van der Waals surface area (Å²) in [7, 11) is 6.25. The maximum atomic E-state index is 12.5. The minimum Gasteiger partial charge on any atom is -1.00 e. The number of halogens is 1. The first-order chi connectivity index (χ1) is 57.4. The number of nitrogens with two attached hydrogens (primary N) is 7. The molecule has 0 aliphatic heterocycles. The van der Waals surface area contributed by atoms with Crippen molar-refractivity contribution in [1.82, 2.24) is 37.2 Å². The highest BCUT2D eigenvalue weighted by Crippen LogP contribution is 2.31. The molecule has 0 aliphatic rings. The molecule has 0 spiro atoms. The van der Waals surface area contributed by atoms with E-state index >= 15 is 0 Å². The van der Waals surface area contributed by atoms with Crippen molar-refractivity contribution in [2.75, 3.05) is 60.5 Å². The van der Waals surface area contributed by atoms with Gasteiger partial charge < -0.3 is 135 Å². The van der Waals surface area contributed by atoms with Gasteiger partial charge in [0.15, 0.2) is 11.9 Å². The normalized spacial score (nSPS) is 13.5. The lowest BCUT2D eigenvalue weighted by Gasteiger charge is -2.30. The minimum atomic E-state index is -1.18. The van der Waals surface area contributed by atoms with Crippen LogP contribution in [0.1, 0.15) is 288 Å². The third kappa shape index (κ3) is 64.6. The van der Waals surface area contributed by atoms with Crippen molar-refractivity contribution in [1.29, 1.82) is 0 Å². The van der Waals surface area contributed by atoms with Gasteiger partial charge in [-0.15, -0.1) is 0 Å². The average molecular weight is 1850 g/mol. The van der Waals surface area contributed by atoms with Crippen LogP contribution in [-0.4, -0.2) is 250 Å². The van der Waals surface area contributed by atoms with Crippen LogP contribution in [0.15, 0.2) is 9.98 Å². The zero-order chi connectivity index (χ0) is 100. The SMILES string of the molecule is CCC(C)(C)C(=O)NC(C)C(=O)O.CCC(C)(C)C(=O)NC(CCC(N)=O)C(=O)O.CCC(C)(C)C(=O)NC(CCCCN)C(=O)O.CCC(C)(C)C(=O)NC(CCCN=C(N)N)C(=O)O.CCC(C)(C)C(=O)NCCCCC(N)C(=O)O.CCC(C)(C)C(=O)OCC[N+](C)(C)C.CCC(C)(CC(C)C(=O)NC(CCCN=C(N)N)C(=O)O)C(=O)NC(C)C(=O)O.[Cl-]. The van der Waals surface area contributed by atoms with E-state index in [-0.39, 0.29) is 109 Å². The van der Waals surface area contributed by atoms with Crippen LogP contribution in [0, 0.1) is 43.8 Å². The highest BCUT2D eigenvalue weighted by molar-refractivity contribution is 5.91. The maximum Gasteiger partial charge on any atom is 0.326 e. The number of quaternary nitrogens is 1. The summed E-state index contributed by atoms with van der Waals surface area (Å²) in [6, 6.07) is -6.56. The summed E-state index contributed by atoms with van der Waals surface area (Å²) >= 11 is 0. The number of rotatable bonds is 53. The number of aliphatic imine (C=N–C) groups is 2. The van der Waals surface area contributed by atoms with Crippen LogP contribution in [0.4, 0.5) is 0 Å². The van der Waals surface area contributed by atoms with E-state index < -0.39 is 135 Å². The van der Waals surface area contributed by atoms with Gasteiger partial charge in [-0.2, -0.15) is 0 Å². The monoisotopic (exact) mass is 1840 g/mol. The first-order valence-electron chi connectivity index (χ1n) is 43.0. The number of esters is 1. The van der Waals surface area contributed by atoms with E-state index in [0.717, 1.165) is 36.7 Å². The predicted octanol–water partition coefficient (Wildman–Crippen LogP) is 1.87. The minimum absolute atomic E-state index is 0. The number of carbonyl (C=O) groups excluding carboxylic acids is 9. The largest absolute Gasteiger partial charge is 1.00 e. The molecule has 9 unspecified atom stereocenters. The number of nitrogens with one attached hydrogen (secondary N) is 7. The smallest absolute Gasteiger partial charge is 0.326 e. The van der Waals surface area contributed by atoms with E-state index in [1.54, 1.807) is 76.2 Å². The predicted molar refractivity (Wildman–Crippen MR) is 483 cm³/mol. The van der Waals surface area contributed by atoms with Crippen LogP contribution in [0.3, 0.4) is 0 Å². The Kier molecular flexibility index (Phi) is 69.6. The first-order valence-corrected chi connectivity index (χ1v) is 43.0. The second-order valence-corrected chi connectivity index (χ2v) is 36.0. The zero-order valence-electron chi connectivity index (χ0n) is 80.8. The molecule has 0 saturated carbocycles. The van der Waals surface area contributed by atoms with Crippen LogP contribution in [0.2, 0.25) is 0 Å². The summed E-state index contributed by atoms with van der Waals surface area (Å²) < 4.78 is 6.04. The molecule has 42 heteroatoms. The summed E-state index contributed by atoms with van der Waals surface area (Å²) in [5, 5.41) is 80.1. The fraction of sp³-hybridized carbons (Fsp3) is 0.788. The van der Waals surface area contributed by atoms with Gasteiger partial charge in [-0.3, -0.25) is 67.5 Å². The molecule has 8 amide bonds. The number of aliphatic carboxylic acids is 7. The lowest BCUT2D eigenvalue weighted by atomic mass is 9.78. The number of ether oxygens (including phenoxy) is 1. The van der Waals surface area contributed by atoms with Crippen molar-refractivity contribution < 1.29 is 134 Å². The maximum absolute atomic E-state index is 12.5. The fourth-order valence-corrected chi connectivity index (χ4v) is 8.85. The van der Waals surface area contributed by atoms with E-state index in [1.165, 1.54) is 13.8 Å². The van der Waals surface area contributed by atoms with Crippen LogP contribution < -0.4 is 89.8 Å². The number of primary amides is 1. The molecular formula is C85H166ClN17O24. The average Bonchev–Trinajstić information content (AvgIpc) is 0.837. The van der Waals surface area contributed by atoms with Crippen LogP contribution in [-0.2, 0) is 81.4 Å². The number of likely N-dealkylation sites (N-methyl/N-ethyl adjacent to an activating group) is 1. The van der Waals surface area contributed by atoms with Crippen molar-refractivity contribution in [3.05, 3.63) is 0 Å². The van der Waals surface area contributed by atoms with Gasteiger partial charge in [-0.1, -0.05) is 132 Å². The highest BCUT2D eigenvalue weighted by atomic mass is 35.5. The Labute approximate surface area is 759 Å². The van der Waals surface area contributed by atoms with Crippen LogP contribution in [0.25, 0.3) is 0 Å². The Morgan fingerprint density at radius 1 is 0.386 bits per heavy atom. The van der Waals surface area contributed by atoms with E-state index in [0.29, 0.717) is 96.9 Å². The highest BCUT2D eigenvalue weighted by Gasteiger charge is 2.39. The number of amides is 8. The Morgan fingerprint density at radius 2 is 0.701 bits per heavy atom. The number of nitrogens with zero attached hydrogens (tertiary/aromatic N) is 3. The summed E-state index contributed by atoms with van der Waals surface area (Å²) in [6.07, 6.45) is 9.78. The molecule has 742 valence electrons. The molecule has 0 fully saturated rings. The number of hydrogen-bond acceptors (Lipinski definition) is 21. The summed E-state index contributed by atoms with van der Waals surface area (Å²) in [5.41, 5.74) is 32.5. The van der Waals surface area contributed by atoms with Crippen LogP contribution >= 0.6 is 0 Å². The number of hydrogen-bond donors (Lipinski definition) is 21. The number of carboxylic acid groups (broad SMARTS) is 7. The van der Waals surface area contributed by atoms with Gasteiger partial charge in [-0.25, -0.2) is 19.2 Å². The second-order valence-electron chi connectivity index (χ2n) is 36.0. The van der Waals surface area contributed by atoms with Gasteiger partial charge in [0.1, 0.15) is 55.4 Å². The molecule has 0 aliphatic carbocycles. The van der Waals surface area contributed by atoms with Crippen molar-refractivity contribution >= 4 is 107 Å². The quantitative estimate of drug-likeness (QED) is 0.0136. The van der Waals surface area contributed by atoms with E-state index in [1.807, 2.05) is 69.2 Å². The molecule has 9 atom stereocenters. The number of unbranched alkanes of at least 4 members (excludes halogenated alkanes) is 2. The lowest BCUT2D eigenvalue weighted by Crippen LogP contribution is -3.00. The first kappa shape index (κ1) is 133. The zero-order valence-corrected chi connectivity index (χ0v) is 81.6. The number of guanidine groups is 2. The van der Waals surface area contributed by atoms with E-state index in [9.17, 15) is 81.8 Å². The Balaban J connectivity index is -0.000000220. The van der Waals surface area contributed by atoms with Gasteiger partial charge in [0, 0.05) is 64.5 Å². The Bertz CT molecular complexity index is 3430. The summed E-state index contributed by atoms with van der Waals surface area (Å²) in [6.45, 7) is 44.2. The number of carbonyl (C=O) groups is 16. The van der Waals surface area contributed by atoms with Gasteiger partial charge in [-0.05, 0) is 156 Å². The molecule has 0 radical (unpaired) electrons. The Morgan fingerprint density at radius 3 is 1.00 bits per heavy atom. The molecule has 127 heavy (non-hydrogen) atoms. The third-order valence-electron chi connectivity index (χ3n) is 21.4. The summed E-state index contributed by atoms with van der Waals surface area (Å²) in [4.78, 5) is 189. The molecule has 0 aromatic rings. The third-order valence-corrected chi connectivity index (χ3v) is 21.4. The topological polar surface area (TPSA) is 715 Å². The van der Waals surface area contributed by atoms with Crippen molar-refractivity contribution in [3.63, 3.8) is 0 Å². The van der Waals surface area contributed by atoms with Crippen molar-refractivity contribution in [3.8, 4) is 0 Å². The molecule has 0 saturated heterocycles. The molecule has 0 aromatic heterocycles. The van der Waals surface area contributed by atoms with Crippen molar-refractivity contribution in [2.45, 2.75) is 330 Å². The van der Waals surface area contributed by atoms with E-state index in [2.05, 4.69) is 68.3 Å².